The van der Waals surface area contributed by atoms with Gasteiger partial charge in [-0.3, -0.25) is 9.59 Å². The van der Waals surface area contributed by atoms with Gasteiger partial charge in [0, 0.05) is 25.4 Å². The molecule has 2 N–H and O–H groups in total. The van der Waals surface area contributed by atoms with Crippen LogP contribution in [0.3, 0.4) is 0 Å². The van der Waals surface area contributed by atoms with Crippen molar-refractivity contribution in [2.24, 2.45) is 11.7 Å². The highest BCUT2D eigenvalue weighted by Crippen LogP contribution is 2.31. The number of carbonyl (C=O) groups is 2. The molecule has 0 aliphatic heterocycles. The SMILES string of the molecule is NC(=O)CCN(Cc1ccccc1)C(=O)C1CC1. The second-order valence-electron chi connectivity index (χ2n) is 4.74. The van der Waals surface area contributed by atoms with E-state index in [1.807, 2.05) is 30.3 Å². The summed E-state index contributed by atoms with van der Waals surface area (Å²) in [4.78, 5) is 24.7. The molecular formula is C14H18N2O2. The minimum absolute atomic E-state index is 0.153. The predicted octanol–water partition coefficient (Wildman–Crippen LogP) is 1.30. The average molecular weight is 246 g/mol. The van der Waals surface area contributed by atoms with Gasteiger partial charge in [0.2, 0.25) is 11.8 Å². The van der Waals surface area contributed by atoms with Crippen molar-refractivity contribution in [3.05, 3.63) is 35.9 Å². The maximum Gasteiger partial charge on any atom is 0.225 e. The quantitative estimate of drug-likeness (QED) is 0.822. The van der Waals surface area contributed by atoms with Crippen LogP contribution in [0.15, 0.2) is 30.3 Å². The first-order valence-corrected chi connectivity index (χ1v) is 6.28. The van der Waals surface area contributed by atoms with Crippen LogP contribution in [0, 0.1) is 5.92 Å². The van der Waals surface area contributed by atoms with Crippen molar-refractivity contribution in [1.82, 2.24) is 4.90 Å². The first kappa shape index (κ1) is 12.6. The number of hydrogen-bond acceptors (Lipinski definition) is 2. The van der Waals surface area contributed by atoms with E-state index >= 15 is 0 Å². The molecule has 0 aromatic heterocycles. The second-order valence-corrected chi connectivity index (χ2v) is 4.74. The van der Waals surface area contributed by atoms with Gasteiger partial charge in [0.1, 0.15) is 0 Å². The van der Waals surface area contributed by atoms with Crippen LogP contribution >= 0.6 is 0 Å². The van der Waals surface area contributed by atoms with E-state index in [1.165, 1.54) is 0 Å². The number of nitrogens with two attached hydrogens (primary N) is 1. The smallest absolute Gasteiger partial charge is 0.225 e. The summed E-state index contributed by atoms with van der Waals surface area (Å²) in [7, 11) is 0. The molecule has 1 aromatic rings. The molecule has 96 valence electrons. The standard InChI is InChI=1S/C14H18N2O2/c15-13(17)8-9-16(14(18)12-6-7-12)10-11-4-2-1-3-5-11/h1-5,12H,6-10H2,(H2,15,17). The van der Waals surface area contributed by atoms with Crippen LogP contribution in [-0.2, 0) is 16.1 Å². The highest BCUT2D eigenvalue weighted by atomic mass is 16.2. The Morgan fingerprint density at radius 1 is 1.22 bits per heavy atom. The molecule has 1 fully saturated rings. The summed E-state index contributed by atoms with van der Waals surface area (Å²) in [6.45, 7) is 0.975. The Hall–Kier alpha value is -1.84. The van der Waals surface area contributed by atoms with Crippen LogP contribution in [-0.4, -0.2) is 23.3 Å². The number of hydrogen-bond donors (Lipinski definition) is 1. The summed E-state index contributed by atoms with van der Waals surface area (Å²) >= 11 is 0. The van der Waals surface area contributed by atoms with Gasteiger partial charge in [-0.15, -0.1) is 0 Å². The number of amides is 2. The predicted molar refractivity (Wildman–Crippen MR) is 68.4 cm³/mol. The Bertz CT molecular complexity index is 427. The molecule has 2 amide bonds. The number of primary amides is 1. The zero-order valence-corrected chi connectivity index (χ0v) is 10.3. The largest absolute Gasteiger partial charge is 0.370 e. The Labute approximate surface area is 107 Å². The highest BCUT2D eigenvalue weighted by Gasteiger charge is 2.33. The molecular weight excluding hydrogens is 228 g/mol. The fourth-order valence-electron chi connectivity index (χ4n) is 1.90. The molecule has 2 rings (SSSR count). The zero-order valence-electron chi connectivity index (χ0n) is 10.3. The summed E-state index contributed by atoms with van der Waals surface area (Å²) in [6, 6.07) is 9.81. The monoisotopic (exact) mass is 246 g/mol. The van der Waals surface area contributed by atoms with Crippen molar-refractivity contribution in [2.45, 2.75) is 25.8 Å². The molecule has 1 aromatic carbocycles. The average Bonchev–Trinajstić information content (AvgIpc) is 3.19. The van der Waals surface area contributed by atoms with E-state index < -0.39 is 0 Å². The summed E-state index contributed by atoms with van der Waals surface area (Å²) in [6.07, 6.45) is 2.17. The molecule has 1 aliphatic carbocycles. The van der Waals surface area contributed by atoms with Gasteiger partial charge in [0.25, 0.3) is 0 Å². The minimum atomic E-state index is -0.364. The van der Waals surface area contributed by atoms with E-state index in [4.69, 9.17) is 5.73 Å². The molecule has 1 saturated carbocycles. The summed E-state index contributed by atoms with van der Waals surface area (Å²) in [5, 5.41) is 0. The molecule has 4 heteroatoms. The van der Waals surface area contributed by atoms with E-state index in [1.54, 1.807) is 4.90 Å². The van der Waals surface area contributed by atoms with Gasteiger partial charge in [-0.05, 0) is 18.4 Å². The lowest BCUT2D eigenvalue weighted by Crippen LogP contribution is -2.34. The lowest BCUT2D eigenvalue weighted by molar-refractivity contribution is -0.133. The molecule has 18 heavy (non-hydrogen) atoms. The molecule has 0 unspecified atom stereocenters. The Morgan fingerprint density at radius 3 is 2.44 bits per heavy atom. The number of rotatable bonds is 6. The molecule has 4 nitrogen and oxygen atoms in total. The molecule has 0 heterocycles. The Kier molecular flexibility index (Phi) is 3.97. The van der Waals surface area contributed by atoms with Crippen LogP contribution in [0.4, 0.5) is 0 Å². The van der Waals surface area contributed by atoms with Gasteiger partial charge >= 0.3 is 0 Å². The first-order chi connectivity index (χ1) is 8.66. The summed E-state index contributed by atoms with van der Waals surface area (Å²) < 4.78 is 0. The summed E-state index contributed by atoms with van der Waals surface area (Å²) in [5.41, 5.74) is 6.23. The summed E-state index contributed by atoms with van der Waals surface area (Å²) in [5.74, 6) is -0.0432. The zero-order chi connectivity index (χ0) is 13.0. The first-order valence-electron chi connectivity index (χ1n) is 6.28. The number of carbonyl (C=O) groups excluding carboxylic acids is 2. The van der Waals surface area contributed by atoms with Gasteiger partial charge in [0.05, 0.1) is 0 Å². The lowest BCUT2D eigenvalue weighted by Gasteiger charge is -2.22. The van der Waals surface area contributed by atoms with Gasteiger partial charge in [0.15, 0.2) is 0 Å². The third-order valence-electron chi connectivity index (χ3n) is 3.08. The van der Waals surface area contributed by atoms with Crippen LogP contribution < -0.4 is 5.73 Å². The van der Waals surface area contributed by atoms with E-state index in [0.29, 0.717) is 13.1 Å². The molecule has 0 spiro atoms. The van der Waals surface area contributed by atoms with Crippen molar-refractivity contribution in [3.63, 3.8) is 0 Å². The van der Waals surface area contributed by atoms with Gasteiger partial charge < -0.3 is 10.6 Å². The van der Waals surface area contributed by atoms with E-state index in [0.717, 1.165) is 18.4 Å². The third-order valence-corrected chi connectivity index (χ3v) is 3.08. The fraction of sp³-hybridized carbons (Fsp3) is 0.429. The maximum atomic E-state index is 12.1. The van der Waals surface area contributed by atoms with Crippen LogP contribution in [0.1, 0.15) is 24.8 Å². The van der Waals surface area contributed by atoms with Crippen molar-refractivity contribution < 1.29 is 9.59 Å². The lowest BCUT2D eigenvalue weighted by atomic mass is 10.2. The molecule has 0 saturated heterocycles. The maximum absolute atomic E-state index is 12.1. The number of nitrogens with zero attached hydrogens (tertiary/aromatic N) is 1. The minimum Gasteiger partial charge on any atom is -0.370 e. The van der Waals surface area contributed by atoms with Crippen LogP contribution in [0.5, 0.6) is 0 Å². The van der Waals surface area contributed by atoms with Crippen LogP contribution in [0.2, 0.25) is 0 Å². The van der Waals surface area contributed by atoms with Gasteiger partial charge in [-0.25, -0.2) is 0 Å². The fourth-order valence-corrected chi connectivity index (χ4v) is 1.90. The second kappa shape index (κ2) is 5.67. The molecule has 0 bridgehead atoms. The van der Waals surface area contributed by atoms with Crippen molar-refractivity contribution in [2.75, 3.05) is 6.54 Å². The van der Waals surface area contributed by atoms with E-state index in [2.05, 4.69) is 0 Å². The normalized spacial score (nSPS) is 14.2. The van der Waals surface area contributed by atoms with Crippen molar-refractivity contribution >= 4 is 11.8 Å². The van der Waals surface area contributed by atoms with Crippen molar-refractivity contribution in [3.8, 4) is 0 Å². The molecule has 0 atom stereocenters. The molecule has 1 aliphatic rings. The van der Waals surface area contributed by atoms with Gasteiger partial charge in [-0.2, -0.15) is 0 Å². The van der Waals surface area contributed by atoms with Crippen LogP contribution in [0.25, 0.3) is 0 Å². The highest BCUT2D eigenvalue weighted by molar-refractivity contribution is 5.82. The molecule has 0 radical (unpaired) electrons. The number of benzene rings is 1. The Balaban J connectivity index is 1.99. The van der Waals surface area contributed by atoms with E-state index in [9.17, 15) is 9.59 Å². The third kappa shape index (κ3) is 3.58. The van der Waals surface area contributed by atoms with Crippen molar-refractivity contribution in [1.29, 1.82) is 0 Å². The van der Waals surface area contributed by atoms with E-state index in [-0.39, 0.29) is 24.2 Å². The Morgan fingerprint density at radius 2 is 1.89 bits per heavy atom. The van der Waals surface area contributed by atoms with Gasteiger partial charge in [-0.1, -0.05) is 30.3 Å². The topological polar surface area (TPSA) is 63.4 Å².